The van der Waals surface area contributed by atoms with E-state index in [1.165, 1.54) is 5.56 Å². The van der Waals surface area contributed by atoms with Crippen LogP contribution in [0, 0.1) is 0 Å². The van der Waals surface area contributed by atoms with Crippen LogP contribution in [-0.4, -0.2) is 17.8 Å². The van der Waals surface area contributed by atoms with Crippen molar-refractivity contribution in [2.24, 2.45) is 0 Å². The molecule has 1 aliphatic rings. The molecule has 3 unspecified atom stereocenters. The van der Waals surface area contributed by atoms with Crippen molar-refractivity contribution in [3.63, 3.8) is 0 Å². The molecule has 2 aromatic rings. The quantitative estimate of drug-likeness (QED) is 0.844. The number of hydrogen-bond acceptors (Lipinski definition) is 2. The van der Waals surface area contributed by atoms with E-state index < -0.39 is 0 Å². The van der Waals surface area contributed by atoms with Crippen molar-refractivity contribution in [2.45, 2.75) is 18.1 Å². The summed E-state index contributed by atoms with van der Waals surface area (Å²) in [5.74, 6) is 0.177. The molecule has 0 aromatic heterocycles. The van der Waals surface area contributed by atoms with Crippen molar-refractivity contribution in [3.8, 4) is 0 Å². The van der Waals surface area contributed by atoms with Gasteiger partial charge in [0.2, 0.25) is 0 Å². The SMILES string of the molecule is OC1C(c2ccccc2)CNC1c1ccccc1. The van der Waals surface area contributed by atoms with Crippen LogP contribution in [0.15, 0.2) is 60.7 Å². The zero-order valence-electron chi connectivity index (χ0n) is 10.2. The van der Waals surface area contributed by atoms with Crippen molar-refractivity contribution < 1.29 is 5.11 Å². The maximum absolute atomic E-state index is 10.5. The molecule has 2 N–H and O–H groups in total. The molecule has 1 aliphatic heterocycles. The van der Waals surface area contributed by atoms with Gasteiger partial charge in [-0.25, -0.2) is 0 Å². The Labute approximate surface area is 107 Å². The Bertz CT molecular complexity index is 450. The van der Waals surface area contributed by atoms with Crippen LogP contribution in [0.5, 0.6) is 0 Å². The molecule has 2 nitrogen and oxygen atoms in total. The van der Waals surface area contributed by atoms with Gasteiger partial charge in [0.25, 0.3) is 0 Å². The zero-order valence-corrected chi connectivity index (χ0v) is 10.2. The Hall–Kier alpha value is -1.64. The summed E-state index contributed by atoms with van der Waals surface area (Å²) in [5.41, 5.74) is 2.36. The van der Waals surface area contributed by atoms with Crippen LogP contribution in [-0.2, 0) is 0 Å². The zero-order chi connectivity index (χ0) is 12.4. The van der Waals surface area contributed by atoms with Gasteiger partial charge in [0.05, 0.1) is 12.1 Å². The number of aliphatic hydroxyl groups is 1. The first kappa shape index (κ1) is 11.5. The highest BCUT2D eigenvalue weighted by atomic mass is 16.3. The van der Waals surface area contributed by atoms with Crippen molar-refractivity contribution >= 4 is 0 Å². The van der Waals surface area contributed by atoms with Crippen molar-refractivity contribution in [2.75, 3.05) is 6.54 Å². The monoisotopic (exact) mass is 239 g/mol. The van der Waals surface area contributed by atoms with Gasteiger partial charge in [-0.05, 0) is 11.1 Å². The van der Waals surface area contributed by atoms with Gasteiger partial charge in [-0.1, -0.05) is 60.7 Å². The maximum Gasteiger partial charge on any atom is 0.0815 e. The van der Waals surface area contributed by atoms with E-state index >= 15 is 0 Å². The third-order valence-electron chi connectivity index (χ3n) is 3.70. The van der Waals surface area contributed by atoms with Gasteiger partial charge in [0, 0.05) is 12.5 Å². The second-order valence-corrected chi connectivity index (χ2v) is 4.80. The molecule has 0 aliphatic carbocycles. The lowest BCUT2D eigenvalue weighted by Gasteiger charge is -2.19. The second-order valence-electron chi connectivity index (χ2n) is 4.80. The van der Waals surface area contributed by atoms with Crippen molar-refractivity contribution in [3.05, 3.63) is 71.8 Å². The summed E-state index contributed by atoms with van der Waals surface area (Å²) >= 11 is 0. The van der Waals surface area contributed by atoms with Crippen molar-refractivity contribution in [1.29, 1.82) is 0 Å². The molecule has 1 heterocycles. The van der Waals surface area contributed by atoms with E-state index in [1.54, 1.807) is 0 Å². The van der Waals surface area contributed by atoms with Gasteiger partial charge in [-0.2, -0.15) is 0 Å². The number of rotatable bonds is 2. The minimum Gasteiger partial charge on any atom is -0.390 e. The first-order chi connectivity index (χ1) is 8.86. The van der Waals surface area contributed by atoms with Gasteiger partial charge in [0.1, 0.15) is 0 Å². The Morgan fingerprint density at radius 2 is 1.39 bits per heavy atom. The van der Waals surface area contributed by atoms with Crippen LogP contribution < -0.4 is 5.32 Å². The number of nitrogens with one attached hydrogen (secondary N) is 1. The minimum absolute atomic E-state index is 0.0383. The largest absolute Gasteiger partial charge is 0.390 e. The molecular formula is C16H17NO. The normalized spacial score (nSPS) is 27.3. The standard InChI is InChI=1S/C16H17NO/c18-16-14(12-7-3-1-4-8-12)11-17-15(16)13-9-5-2-6-10-13/h1-10,14-18H,11H2. The first-order valence-corrected chi connectivity index (χ1v) is 6.37. The molecule has 3 atom stereocenters. The summed E-state index contributed by atoms with van der Waals surface area (Å²) in [6, 6.07) is 20.4. The number of aliphatic hydroxyl groups excluding tert-OH is 1. The van der Waals surface area contributed by atoms with E-state index in [-0.39, 0.29) is 18.1 Å². The lowest BCUT2D eigenvalue weighted by Crippen LogP contribution is -2.22. The molecule has 2 aromatic carbocycles. The van der Waals surface area contributed by atoms with Crippen LogP contribution in [0.4, 0.5) is 0 Å². The third kappa shape index (κ3) is 2.05. The van der Waals surface area contributed by atoms with E-state index in [0.717, 1.165) is 12.1 Å². The number of benzene rings is 2. The van der Waals surface area contributed by atoms with Gasteiger partial charge >= 0.3 is 0 Å². The average molecular weight is 239 g/mol. The predicted octanol–water partition coefficient (Wildman–Crippen LogP) is 2.48. The molecule has 0 spiro atoms. The predicted molar refractivity (Wildman–Crippen MR) is 72.4 cm³/mol. The molecular weight excluding hydrogens is 222 g/mol. The molecule has 3 rings (SSSR count). The number of hydrogen-bond donors (Lipinski definition) is 2. The fraction of sp³-hybridized carbons (Fsp3) is 0.250. The summed E-state index contributed by atoms with van der Waals surface area (Å²) in [5, 5.41) is 13.9. The highest BCUT2D eigenvalue weighted by Gasteiger charge is 2.35. The molecule has 1 saturated heterocycles. The highest BCUT2D eigenvalue weighted by molar-refractivity contribution is 5.28. The van der Waals surface area contributed by atoms with E-state index in [2.05, 4.69) is 29.6 Å². The van der Waals surface area contributed by atoms with Crippen LogP contribution >= 0.6 is 0 Å². The Kier molecular flexibility index (Phi) is 3.13. The molecule has 0 saturated carbocycles. The summed E-state index contributed by atoms with van der Waals surface area (Å²) in [6.07, 6.45) is -0.366. The van der Waals surface area contributed by atoms with E-state index in [0.29, 0.717) is 0 Å². The fourth-order valence-corrected chi connectivity index (χ4v) is 2.72. The maximum atomic E-state index is 10.5. The second kappa shape index (κ2) is 4.92. The minimum atomic E-state index is -0.366. The summed E-state index contributed by atoms with van der Waals surface area (Å²) in [4.78, 5) is 0. The third-order valence-corrected chi connectivity index (χ3v) is 3.70. The Balaban J connectivity index is 1.83. The topological polar surface area (TPSA) is 32.3 Å². The van der Waals surface area contributed by atoms with Gasteiger partial charge in [0.15, 0.2) is 0 Å². The molecule has 0 amide bonds. The van der Waals surface area contributed by atoms with Gasteiger partial charge in [-0.15, -0.1) is 0 Å². The first-order valence-electron chi connectivity index (χ1n) is 6.37. The van der Waals surface area contributed by atoms with Crippen molar-refractivity contribution in [1.82, 2.24) is 5.32 Å². The van der Waals surface area contributed by atoms with Crippen LogP contribution in [0.2, 0.25) is 0 Å². The van der Waals surface area contributed by atoms with Gasteiger partial charge in [-0.3, -0.25) is 0 Å². The average Bonchev–Trinajstić information content (AvgIpc) is 2.83. The smallest absolute Gasteiger partial charge is 0.0815 e. The summed E-state index contributed by atoms with van der Waals surface area (Å²) in [7, 11) is 0. The van der Waals surface area contributed by atoms with E-state index in [1.807, 2.05) is 36.4 Å². The molecule has 0 bridgehead atoms. The molecule has 0 radical (unpaired) electrons. The van der Waals surface area contributed by atoms with Gasteiger partial charge < -0.3 is 10.4 Å². The Morgan fingerprint density at radius 3 is 2.00 bits per heavy atom. The Morgan fingerprint density at radius 1 is 0.833 bits per heavy atom. The highest BCUT2D eigenvalue weighted by Crippen LogP contribution is 2.33. The van der Waals surface area contributed by atoms with Crippen LogP contribution in [0.1, 0.15) is 23.1 Å². The van der Waals surface area contributed by atoms with Crippen LogP contribution in [0.25, 0.3) is 0 Å². The summed E-state index contributed by atoms with van der Waals surface area (Å²) in [6.45, 7) is 0.824. The molecule has 18 heavy (non-hydrogen) atoms. The van der Waals surface area contributed by atoms with E-state index in [9.17, 15) is 5.11 Å². The lowest BCUT2D eigenvalue weighted by molar-refractivity contribution is 0.144. The van der Waals surface area contributed by atoms with E-state index in [4.69, 9.17) is 0 Å². The lowest BCUT2D eigenvalue weighted by atomic mass is 9.91. The molecule has 92 valence electrons. The molecule has 1 fully saturated rings. The van der Waals surface area contributed by atoms with Crippen LogP contribution in [0.3, 0.4) is 0 Å². The fourth-order valence-electron chi connectivity index (χ4n) is 2.72. The summed E-state index contributed by atoms with van der Waals surface area (Å²) < 4.78 is 0. The molecule has 2 heteroatoms.